The SMILES string of the molecule is CCCCC(CC)Cc1ccc(-c2c3nonc3c(-c3ccc(CC(CC)CCCC)s3)c3[nH]c(-c4ccc(-c5nc6c(-c7ccc(CC(CC)CCCC)s7)c7nonc7c(-c7ccc(CC(CC)CCCC)s7)c6[nH]5)cc4)nc23)s1.CCCc1ccc(-c2nc3c(-c4ccc(C)s4)c4no[nH]c4c(-c4ccc(C)s4)c3n2)cc1. The van der Waals surface area contributed by atoms with E-state index in [-0.39, 0.29) is 0 Å². The van der Waals surface area contributed by atoms with Crippen LogP contribution in [0.15, 0.2) is 135 Å². The monoisotopic (exact) mass is 1640 g/mol. The standard InChI is InChI=1S/C68H82N8O2S4.C26H22N4OS2/c1-9-17-21-41(13-5)37-47-29-33-51(79-47)55-59-60(56(64-63(55)73-77-74-64)52-34-30-48(80-52)38-42(14-6)22-18-10-2)70-67(69-59)45-25-27-46(28-26-45)68-71-61-57(53-35-31-49(81-53)39-43(15-7)23-19-11-3)65-66(76-78-75-65)58(62(61)72-68)54-36-32-50(82-54)40-44(16-8)24-20-12-4;1-4-5-16-8-10-17(11-9-16)26-27-22-20(18-12-6-14(2)32-18)24-25(30-31-29-24)21(23(22)28-26)19-13-7-15(3)33-19/h25-36,41-44H,9-24,37-40H2,1-8H3,(H,69,70)(H,71,72);6-13,29H,4-5H2,1-3H3. The zero-order valence-electron chi connectivity index (χ0n) is 68.1. The van der Waals surface area contributed by atoms with Crippen molar-refractivity contribution in [2.45, 2.75) is 217 Å². The molecular weight excluding hydrogens is 1540 g/mol. The van der Waals surface area contributed by atoms with Gasteiger partial charge < -0.3 is 9.97 Å². The van der Waals surface area contributed by atoms with E-state index in [9.17, 15) is 0 Å². The number of nitrogens with one attached hydrogen (secondary N) is 3. The Kier molecular flexibility index (Phi) is 25.1. The van der Waals surface area contributed by atoms with Crippen LogP contribution in [0.2, 0.25) is 0 Å². The summed E-state index contributed by atoms with van der Waals surface area (Å²) >= 11 is 10.9. The van der Waals surface area contributed by atoms with E-state index >= 15 is 0 Å². The largest absolute Gasteiger partial charge is 0.337 e. The molecule has 17 aromatic rings. The molecule has 0 fully saturated rings. The van der Waals surface area contributed by atoms with E-state index in [1.807, 2.05) is 45.3 Å². The molecule has 4 atom stereocenters. The van der Waals surface area contributed by atoms with Crippen molar-refractivity contribution in [3.05, 3.63) is 156 Å². The van der Waals surface area contributed by atoms with Crippen LogP contribution in [0.3, 0.4) is 0 Å². The number of imidazole rings is 3. The lowest BCUT2D eigenvalue weighted by Gasteiger charge is -2.13. The number of rotatable bonds is 35. The third kappa shape index (κ3) is 16.7. The van der Waals surface area contributed by atoms with Gasteiger partial charge in [0.05, 0.1) is 27.7 Å². The highest BCUT2D eigenvalue weighted by molar-refractivity contribution is 7.17. The molecule has 12 heterocycles. The molecule has 0 aliphatic heterocycles. The molecule has 0 aliphatic rings. The van der Waals surface area contributed by atoms with Crippen LogP contribution in [-0.2, 0) is 32.1 Å². The van der Waals surface area contributed by atoms with Gasteiger partial charge in [-0.2, -0.15) is 5.16 Å². The van der Waals surface area contributed by atoms with E-state index < -0.39 is 0 Å². The van der Waals surface area contributed by atoms with Crippen LogP contribution >= 0.6 is 68.0 Å². The topological polar surface area (TPSA) is 203 Å². The second-order valence-electron chi connectivity index (χ2n) is 31.4. The number of aromatic amines is 3. The van der Waals surface area contributed by atoms with Gasteiger partial charge in [0.2, 0.25) is 0 Å². The van der Waals surface area contributed by atoms with Gasteiger partial charge in [-0.15, -0.1) is 68.0 Å². The van der Waals surface area contributed by atoms with Crippen molar-refractivity contribution in [1.82, 2.24) is 60.8 Å². The molecule has 115 heavy (non-hydrogen) atoms. The minimum Gasteiger partial charge on any atom is -0.337 e. The summed E-state index contributed by atoms with van der Waals surface area (Å²) in [6, 6.07) is 44.1. The van der Waals surface area contributed by atoms with Crippen molar-refractivity contribution >= 4 is 134 Å². The van der Waals surface area contributed by atoms with Gasteiger partial charge in [0.25, 0.3) is 0 Å². The lowest BCUT2D eigenvalue weighted by molar-refractivity contribution is 0.315. The van der Waals surface area contributed by atoms with Crippen LogP contribution < -0.4 is 0 Å². The average molecular weight is 1640 g/mol. The maximum absolute atomic E-state index is 5.68. The van der Waals surface area contributed by atoms with Crippen molar-refractivity contribution in [2.75, 3.05) is 0 Å². The number of aromatic nitrogens is 12. The molecule has 5 aromatic carbocycles. The zero-order valence-corrected chi connectivity index (χ0v) is 73.0. The van der Waals surface area contributed by atoms with E-state index in [1.165, 1.54) is 138 Å². The Morgan fingerprint density at radius 2 is 0.652 bits per heavy atom. The predicted molar refractivity (Wildman–Crippen MR) is 486 cm³/mol. The van der Waals surface area contributed by atoms with Gasteiger partial charge in [0, 0.05) is 91.9 Å². The molecule has 0 spiro atoms. The van der Waals surface area contributed by atoms with Gasteiger partial charge in [0.1, 0.15) is 66.8 Å². The van der Waals surface area contributed by atoms with Crippen molar-refractivity contribution in [1.29, 1.82) is 0 Å². The van der Waals surface area contributed by atoms with E-state index in [0.29, 0.717) is 23.7 Å². The Balaban J connectivity index is 0.000000249. The van der Waals surface area contributed by atoms with Crippen LogP contribution in [0.1, 0.15) is 206 Å². The summed E-state index contributed by atoms with van der Waals surface area (Å²) in [5.74, 6) is 4.96. The Morgan fingerprint density at radius 1 is 0.313 bits per heavy atom. The predicted octanol–water partition coefficient (Wildman–Crippen LogP) is 29.6. The number of unbranched alkanes of at least 4 members (excludes halogenated alkanes) is 4. The van der Waals surface area contributed by atoms with E-state index in [0.717, 1.165) is 202 Å². The van der Waals surface area contributed by atoms with Gasteiger partial charge in [-0.05, 0) is 169 Å². The first-order chi connectivity index (χ1) is 56.4. The molecule has 12 aromatic heterocycles. The lowest BCUT2D eigenvalue weighted by Crippen LogP contribution is -2.01. The van der Waals surface area contributed by atoms with Gasteiger partial charge >= 0.3 is 0 Å². The Bertz CT molecular complexity index is 5560. The summed E-state index contributed by atoms with van der Waals surface area (Å²) in [4.78, 5) is 43.8. The molecule has 0 saturated carbocycles. The molecule has 0 radical (unpaired) electrons. The molecule has 17 rings (SSSR count). The molecule has 0 amide bonds. The number of nitrogens with zero attached hydrogens (tertiary/aromatic N) is 9. The van der Waals surface area contributed by atoms with Crippen LogP contribution in [0.25, 0.3) is 163 Å². The van der Waals surface area contributed by atoms with Crippen molar-refractivity contribution < 1.29 is 13.9 Å². The van der Waals surface area contributed by atoms with E-state index in [4.69, 9.17) is 33.8 Å². The minimum absolute atomic E-state index is 0.663. The third-order valence-corrected chi connectivity index (χ3v) is 29.9. The summed E-state index contributed by atoms with van der Waals surface area (Å²) in [5.41, 5.74) is 20.3. The van der Waals surface area contributed by atoms with Gasteiger partial charge in [0.15, 0.2) is 5.82 Å². The number of fused-ring (bicyclic) bond motifs is 6. The molecule has 594 valence electrons. The number of benzene rings is 5. The summed E-state index contributed by atoms with van der Waals surface area (Å²) in [5, 5.41) is 26.1. The molecule has 4 unspecified atom stereocenters. The molecule has 3 N–H and O–H groups in total. The third-order valence-electron chi connectivity index (χ3n) is 23.4. The normalized spacial score (nSPS) is 13.1. The zero-order chi connectivity index (χ0) is 79.2. The molecule has 21 heteroatoms. The lowest BCUT2D eigenvalue weighted by atomic mass is 9.95. The molecule has 0 aliphatic carbocycles. The highest BCUT2D eigenvalue weighted by Gasteiger charge is 2.31. The van der Waals surface area contributed by atoms with E-state index in [1.54, 1.807) is 22.7 Å². The van der Waals surface area contributed by atoms with Crippen LogP contribution in [0, 0.1) is 37.5 Å². The molecular formula is C94H104N12O3S6. The van der Waals surface area contributed by atoms with Gasteiger partial charge in [-0.1, -0.05) is 225 Å². The fourth-order valence-corrected chi connectivity index (χ4v) is 23.2. The fourth-order valence-electron chi connectivity index (χ4n) is 16.7. The first-order valence-electron chi connectivity index (χ1n) is 42.1. The number of hydrogen-bond acceptors (Lipinski definition) is 18. The first kappa shape index (κ1) is 79.7. The second-order valence-corrected chi connectivity index (χ2v) is 38.7. The highest BCUT2D eigenvalue weighted by Crippen LogP contribution is 2.51. The molecule has 0 saturated heterocycles. The molecule has 0 bridgehead atoms. The first-order valence-corrected chi connectivity index (χ1v) is 47.0. The number of thiophene rings is 6. The van der Waals surface area contributed by atoms with Crippen molar-refractivity contribution in [3.8, 4) is 96.8 Å². The summed E-state index contributed by atoms with van der Waals surface area (Å²) in [7, 11) is 0. The summed E-state index contributed by atoms with van der Waals surface area (Å²) in [6.45, 7) is 24.9. The Morgan fingerprint density at radius 3 is 1.03 bits per heavy atom. The molecule has 15 nitrogen and oxygen atoms in total. The maximum atomic E-state index is 5.68. The summed E-state index contributed by atoms with van der Waals surface area (Å²) < 4.78 is 16.7. The van der Waals surface area contributed by atoms with Crippen LogP contribution in [0.4, 0.5) is 0 Å². The maximum Gasteiger partial charge on any atom is 0.160 e. The highest BCUT2D eigenvalue weighted by atomic mass is 32.1. The quantitative estimate of drug-likeness (QED) is 0.0340. The van der Waals surface area contributed by atoms with Crippen molar-refractivity contribution in [2.24, 2.45) is 23.7 Å². The average Bonchev–Trinajstić information content (AvgIpc) is 1.59. The number of hydrogen-bond donors (Lipinski definition) is 3. The van der Waals surface area contributed by atoms with E-state index in [2.05, 4.69) is 238 Å². The van der Waals surface area contributed by atoms with Crippen molar-refractivity contribution in [3.63, 3.8) is 0 Å². The number of aryl methyl sites for hydroxylation is 3. The van der Waals surface area contributed by atoms with Crippen LogP contribution in [-0.4, -0.2) is 60.8 Å². The Labute approximate surface area is 697 Å². The fraction of sp³-hybridized carbons (Fsp3) is 0.394. The van der Waals surface area contributed by atoms with Crippen LogP contribution in [0.5, 0.6) is 0 Å². The minimum atomic E-state index is 0.663. The second kappa shape index (κ2) is 36.2. The van der Waals surface area contributed by atoms with Gasteiger partial charge in [-0.3, -0.25) is 4.63 Å². The number of H-pyrrole nitrogens is 3. The smallest absolute Gasteiger partial charge is 0.160 e. The Hall–Kier alpha value is -9.09. The van der Waals surface area contributed by atoms with Gasteiger partial charge in [-0.25, -0.2) is 29.2 Å². The summed E-state index contributed by atoms with van der Waals surface area (Å²) in [6.07, 6.45) is 26.2.